The van der Waals surface area contributed by atoms with Crippen LogP contribution in [0.25, 0.3) is 0 Å². The molecule has 1 aliphatic rings. The van der Waals surface area contributed by atoms with Gasteiger partial charge in [0.1, 0.15) is 5.76 Å². The summed E-state index contributed by atoms with van der Waals surface area (Å²) in [7, 11) is 1.81. The number of furan rings is 1. The summed E-state index contributed by atoms with van der Waals surface area (Å²) in [5.74, 6) is 1.85. The van der Waals surface area contributed by atoms with Gasteiger partial charge in [0.05, 0.1) is 6.26 Å². The molecule has 1 saturated heterocycles. The average Bonchev–Trinajstić information content (AvgIpc) is 3.26. The summed E-state index contributed by atoms with van der Waals surface area (Å²) in [4.78, 5) is 6.72. The van der Waals surface area contributed by atoms with Crippen LogP contribution in [0.2, 0.25) is 0 Å². The summed E-state index contributed by atoms with van der Waals surface area (Å²) in [6, 6.07) is 14.9. The molecule has 1 unspecified atom stereocenters. The highest BCUT2D eigenvalue weighted by molar-refractivity contribution is 5.80. The van der Waals surface area contributed by atoms with Crippen LogP contribution in [0.4, 0.5) is 5.69 Å². The Labute approximate surface area is 137 Å². The fraction of sp³-hybridized carbons (Fsp3) is 0.389. The first-order valence-electron chi connectivity index (χ1n) is 8.15. The summed E-state index contributed by atoms with van der Waals surface area (Å²) < 4.78 is 5.34. The molecule has 0 bridgehead atoms. The van der Waals surface area contributed by atoms with Crippen molar-refractivity contribution in [2.24, 2.45) is 4.99 Å². The number of para-hydroxylation sites is 1. The molecule has 0 amide bonds. The number of hydrogen-bond donors (Lipinski definition) is 2. The molecule has 122 valence electrons. The second-order valence-electron chi connectivity index (χ2n) is 5.74. The lowest BCUT2D eigenvalue weighted by Gasteiger charge is -2.20. The molecule has 3 rings (SSSR count). The Morgan fingerprint density at radius 2 is 2.13 bits per heavy atom. The predicted octanol–water partition coefficient (Wildman–Crippen LogP) is 2.27. The van der Waals surface area contributed by atoms with Crippen LogP contribution in [0.15, 0.2) is 58.1 Å². The fourth-order valence-corrected chi connectivity index (χ4v) is 2.90. The van der Waals surface area contributed by atoms with Crippen LogP contribution in [-0.4, -0.2) is 38.7 Å². The van der Waals surface area contributed by atoms with Crippen LogP contribution in [0, 0.1) is 0 Å². The lowest BCUT2D eigenvalue weighted by molar-refractivity contribution is 0.506. The van der Waals surface area contributed by atoms with Crippen LogP contribution in [0.5, 0.6) is 0 Å². The number of guanidine groups is 1. The van der Waals surface area contributed by atoms with Crippen molar-refractivity contribution in [1.29, 1.82) is 0 Å². The van der Waals surface area contributed by atoms with Gasteiger partial charge in [-0.15, -0.1) is 0 Å². The highest BCUT2D eigenvalue weighted by Crippen LogP contribution is 2.19. The van der Waals surface area contributed by atoms with Gasteiger partial charge < -0.3 is 20.0 Å². The van der Waals surface area contributed by atoms with Crippen molar-refractivity contribution in [3.8, 4) is 0 Å². The van der Waals surface area contributed by atoms with E-state index in [2.05, 4.69) is 50.9 Å². The third-order valence-electron chi connectivity index (χ3n) is 4.12. The third-order valence-corrected chi connectivity index (χ3v) is 4.12. The summed E-state index contributed by atoms with van der Waals surface area (Å²) >= 11 is 0. The van der Waals surface area contributed by atoms with E-state index in [0.717, 1.165) is 44.2 Å². The standard InChI is InChI=1S/C18H24N4O/c1-19-18(20-11-9-17-8-5-13-23-17)21-15-10-12-22(14-15)16-6-3-2-4-7-16/h2-8,13,15H,9-12,14H2,1H3,(H2,19,20,21). The minimum Gasteiger partial charge on any atom is -0.469 e. The van der Waals surface area contributed by atoms with E-state index in [1.807, 2.05) is 19.2 Å². The topological polar surface area (TPSA) is 52.8 Å². The summed E-state index contributed by atoms with van der Waals surface area (Å²) in [6.07, 6.45) is 3.68. The molecule has 5 nitrogen and oxygen atoms in total. The SMILES string of the molecule is CN=C(NCCc1ccco1)NC1CCN(c2ccccc2)C1. The largest absolute Gasteiger partial charge is 0.469 e. The van der Waals surface area contributed by atoms with Crippen molar-refractivity contribution >= 4 is 11.6 Å². The number of nitrogens with one attached hydrogen (secondary N) is 2. The zero-order chi connectivity index (χ0) is 15.9. The van der Waals surface area contributed by atoms with Crippen LogP contribution in [0.3, 0.4) is 0 Å². The number of benzene rings is 1. The van der Waals surface area contributed by atoms with E-state index in [0.29, 0.717) is 6.04 Å². The molecule has 0 saturated carbocycles. The number of aliphatic imine (C=N–C) groups is 1. The summed E-state index contributed by atoms with van der Waals surface area (Å²) in [5, 5.41) is 6.86. The van der Waals surface area contributed by atoms with Gasteiger partial charge in [0.2, 0.25) is 0 Å². The van der Waals surface area contributed by atoms with Gasteiger partial charge in [-0.3, -0.25) is 4.99 Å². The number of nitrogens with zero attached hydrogens (tertiary/aromatic N) is 2. The maximum absolute atomic E-state index is 5.34. The molecule has 0 radical (unpaired) electrons. The Morgan fingerprint density at radius 3 is 2.87 bits per heavy atom. The van der Waals surface area contributed by atoms with E-state index < -0.39 is 0 Å². The molecule has 2 aromatic rings. The summed E-state index contributed by atoms with van der Waals surface area (Å²) in [5.41, 5.74) is 1.29. The number of hydrogen-bond acceptors (Lipinski definition) is 3. The van der Waals surface area contributed by atoms with E-state index in [9.17, 15) is 0 Å². The molecule has 1 atom stereocenters. The van der Waals surface area contributed by atoms with E-state index in [1.54, 1.807) is 6.26 Å². The van der Waals surface area contributed by atoms with Crippen molar-refractivity contribution in [3.63, 3.8) is 0 Å². The van der Waals surface area contributed by atoms with Gasteiger partial charge in [-0.1, -0.05) is 18.2 Å². The molecule has 1 fully saturated rings. The van der Waals surface area contributed by atoms with Crippen molar-refractivity contribution in [3.05, 3.63) is 54.5 Å². The molecule has 1 aromatic heterocycles. The van der Waals surface area contributed by atoms with Gasteiger partial charge in [-0.25, -0.2) is 0 Å². The molecule has 2 N–H and O–H groups in total. The maximum atomic E-state index is 5.34. The first kappa shape index (κ1) is 15.5. The second kappa shape index (κ2) is 7.72. The Balaban J connectivity index is 1.44. The zero-order valence-corrected chi connectivity index (χ0v) is 13.5. The molecular formula is C18H24N4O. The van der Waals surface area contributed by atoms with Gasteiger partial charge in [-0.2, -0.15) is 0 Å². The monoisotopic (exact) mass is 312 g/mol. The van der Waals surface area contributed by atoms with Crippen LogP contribution >= 0.6 is 0 Å². The Bertz CT molecular complexity index is 609. The predicted molar refractivity (Wildman–Crippen MR) is 94.0 cm³/mol. The van der Waals surface area contributed by atoms with Crippen LogP contribution in [0.1, 0.15) is 12.2 Å². The number of anilines is 1. The van der Waals surface area contributed by atoms with Crippen molar-refractivity contribution in [2.45, 2.75) is 18.9 Å². The highest BCUT2D eigenvalue weighted by Gasteiger charge is 2.23. The Kier molecular flexibility index (Phi) is 5.19. The third kappa shape index (κ3) is 4.28. The average molecular weight is 312 g/mol. The maximum Gasteiger partial charge on any atom is 0.191 e. The summed E-state index contributed by atoms with van der Waals surface area (Å²) in [6.45, 7) is 2.89. The molecular weight excluding hydrogens is 288 g/mol. The van der Waals surface area contributed by atoms with E-state index in [1.165, 1.54) is 5.69 Å². The Hall–Kier alpha value is -2.43. The van der Waals surface area contributed by atoms with Gasteiger partial charge in [-0.05, 0) is 30.7 Å². The van der Waals surface area contributed by atoms with Crippen LogP contribution in [-0.2, 0) is 6.42 Å². The Morgan fingerprint density at radius 1 is 1.26 bits per heavy atom. The first-order chi connectivity index (χ1) is 11.3. The van der Waals surface area contributed by atoms with Crippen molar-refractivity contribution in [2.75, 3.05) is 31.6 Å². The second-order valence-corrected chi connectivity index (χ2v) is 5.74. The minimum absolute atomic E-state index is 0.421. The number of rotatable bonds is 5. The smallest absolute Gasteiger partial charge is 0.191 e. The zero-order valence-electron chi connectivity index (χ0n) is 13.5. The fourth-order valence-electron chi connectivity index (χ4n) is 2.90. The quantitative estimate of drug-likeness (QED) is 0.657. The lowest BCUT2D eigenvalue weighted by atomic mass is 10.2. The van der Waals surface area contributed by atoms with Crippen molar-refractivity contribution < 1.29 is 4.42 Å². The molecule has 1 aromatic carbocycles. The molecule has 1 aliphatic heterocycles. The van der Waals surface area contributed by atoms with Gasteiger partial charge in [0.25, 0.3) is 0 Å². The molecule has 0 aliphatic carbocycles. The molecule has 2 heterocycles. The van der Waals surface area contributed by atoms with Gasteiger partial charge in [0, 0.05) is 44.8 Å². The van der Waals surface area contributed by atoms with E-state index >= 15 is 0 Å². The molecule has 0 spiro atoms. The lowest BCUT2D eigenvalue weighted by Crippen LogP contribution is -2.45. The molecule has 5 heteroatoms. The van der Waals surface area contributed by atoms with Gasteiger partial charge in [0.15, 0.2) is 5.96 Å². The normalized spacial score (nSPS) is 18.2. The molecule has 23 heavy (non-hydrogen) atoms. The first-order valence-corrected chi connectivity index (χ1v) is 8.15. The highest BCUT2D eigenvalue weighted by atomic mass is 16.3. The van der Waals surface area contributed by atoms with Crippen molar-refractivity contribution in [1.82, 2.24) is 10.6 Å². The minimum atomic E-state index is 0.421. The van der Waals surface area contributed by atoms with Gasteiger partial charge >= 0.3 is 0 Å². The van der Waals surface area contributed by atoms with E-state index in [4.69, 9.17) is 4.42 Å². The van der Waals surface area contributed by atoms with E-state index in [-0.39, 0.29) is 0 Å². The van der Waals surface area contributed by atoms with Crippen LogP contribution < -0.4 is 15.5 Å².